The van der Waals surface area contributed by atoms with Gasteiger partial charge in [0, 0.05) is 15.5 Å². The van der Waals surface area contributed by atoms with Gasteiger partial charge in [-0.2, -0.15) is 5.26 Å². The van der Waals surface area contributed by atoms with Crippen molar-refractivity contribution in [2.75, 3.05) is 5.32 Å². The molecule has 0 fully saturated rings. The zero-order chi connectivity index (χ0) is 13.8. The second-order valence-corrected chi connectivity index (χ2v) is 5.57. The van der Waals surface area contributed by atoms with Crippen molar-refractivity contribution in [3.05, 3.63) is 62.3 Å². The van der Waals surface area contributed by atoms with Crippen LogP contribution in [0.3, 0.4) is 0 Å². The molecule has 0 aliphatic heterocycles. The second-order valence-electron chi connectivity index (χ2n) is 3.86. The summed E-state index contributed by atoms with van der Waals surface area (Å²) in [6, 6.07) is 11.9. The molecule has 0 amide bonds. The molecule has 0 bridgehead atoms. The quantitative estimate of drug-likeness (QED) is 0.823. The van der Waals surface area contributed by atoms with Crippen molar-refractivity contribution in [3.8, 4) is 6.07 Å². The molecule has 0 saturated carbocycles. The highest BCUT2D eigenvalue weighted by molar-refractivity contribution is 9.11. The summed E-state index contributed by atoms with van der Waals surface area (Å²) in [7, 11) is 0. The van der Waals surface area contributed by atoms with Crippen molar-refractivity contribution in [2.45, 2.75) is 6.54 Å². The number of hydrogen-bond acceptors (Lipinski definition) is 2. The predicted octanol–water partition coefficient (Wildman–Crippen LogP) is 4.83. The van der Waals surface area contributed by atoms with E-state index in [2.05, 4.69) is 43.2 Å². The van der Waals surface area contributed by atoms with E-state index >= 15 is 0 Å². The summed E-state index contributed by atoms with van der Waals surface area (Å²) in [5, 5.41) is 12.2. The maximum Gasteiger partial charge on any atom is 0.123 e. The van der Waals surface area contributed by atoms with E-state index in [0.29, 0.717) is 17.7 Å². The van der Waals surface area contributed by atoms with Crippen LogP contribution in [0.2, 0.25) is 0 Å². The first-order valence-corrected chi connectivity index (χ1v) is 7.07. The fourth-order valence-electron chi connectivity index (χ4n) is 1.67. The van der Waals surface area contributed by atoms with E-state index in [9.17, 15) is 4.39 Å². The lowest BCUT2D eigenvalue weighted by Crippen LogP contribution is -2.03. The fraction of sp³-hybridized carbons (Fsp3) is 0.0714. The summed E-state index contributed by atoms with van der Waals surface area (Å²) < 4.78 is 15.0. The third kappa shape index (κ3) is 3.34. The van der Waals surface area contributed by atoms with Gasteiger partial charge in [-0.15, -0.1) is 0 Å². The molecular weight excluding hydrogens is 375 g/mol. The molecule has 19 heavy (non-hydrogen) atoms. The number of para-hydroxylation sites is 1. The van der Waals surface area contributed by atoms with Crippen molar-refractivity contribution < 1.29 is 4.39 Å². The van der Waals surface area contributed by atoms with E-state index in [1.165, 1.54) is 18.2 Å². The Morgan fingerprint density at radius 1 is 1.16 bits per heavy atom. The molecule has 1 N–H and O–H groups in total. The molecular formula is C14H9Br2FN2. The van der Waals surface area contributed by atoms with Crippen LogP contribution in [0.4, 0.5) is 10.1 Å². The summed E-state index contributed by atoms with van der Waals surface area (Å²) >= 11 is 6.88. The van der Waals surface area contributed by atoms with E-state index in [-0.39, 0.29) is 5.82 Å². The van der Waals surface area contributed by atoms with Gasteiger partial charge in [0.05, 0.1) is 17.3 Å². The van der Waals surface area contributed by atoms with E-state index in [1.807, 2.05) is 18.2 Å². The minimum absolute atomic E-state index is 0.345. The van der Waals surface area contributed by atoms with Crippen LogP contribution in [0.5, 0.6) is 0 Å². The lowest BCUT2D eigenvalue weighted by atomic mass is 10.1. The molecule has 2 aromatic carbocycles. The van der Waals surface area contributed by atoms with Crippen LogP contribution >= 0.6 is 31.9 Å². The van der Waals surface area contributed by atoms with Gasteiger partial charge >= 0.3 is 0 Å². The molecule has 0 unspecified atom stereocenters. The smallest absolute Gasteiger partial charge is 0.123 e. The number of nitrogens with one attached hydrogen (secondary N) is 1. The summed E-state index contributed by atoms with van der Waals surface area (Å²) in [6.07, 6.45) is 0. The third-order valence-electron chi connectivity index (χ3n) is 2.61. The molecule has 0 aromatic heterocycles. The summed E-state index contributed by atoms with van der Waals surface area (Å²) in [5.41, 5.74) is 1.97. The number of rotatable bonds is 3. The Morgan fingerprint density at radius 3 is 2.47 bits per heavy atom. The van der Waals surface area contributed by atoms with Crippen molar-refractivity contribution in [1.82, 2.24) is 0 Å². The Bertz CT molecular complexity index is 630. The van der Waals surface area contributed by atoms with Gasteiger partial charge in [-0.3, -0.25) is 0 Å². The molecule has 96 valence electrons. The van der Waals surface area contributed by atoms with Gasteiger partial charge in [-0.25, -0.2) is 4.39 Å². The zero-order valence-corrected chi connectivity index (χ0v) is 12.9. The molecule has 2 rings (SSSR count). The second kappa shape index (κ2) is 6.18. The van der Waals surface area contributed by atoms with Gasteiger partial charge in [0.25, 0.3) is 0 Å². The van der Waals surface area contributed by atoms with Crippen molar-refractivity contribution in [2.24, 2.45) is 0 Å². The van der Waals surface area contributed by atoms with Crippen molar-refractivity contribution in [3.63, 3.8) is 0 Å². The highest BCUT2D eigenvalue weighted by atomic mass is 79.9. The lowest BCUT2D eigenvalue weighted by Gasteiger charge is -2.11. The minimum Gasteiger partial charge on any atom is -0.379 e. The van der Waals surface area contributed by atoms with Gasteiger partial charge < -0.3 is 5.32 Å². The topological polar surface area (TPSA) is 35.8 Å². The standard InChI is InChI=1S/C14H9Br2FN2/c15-12-2-1-3-13(16)14(12)19-8-10-6-11(17)5-4-9(10)7-18/h1-6,19H,8H2. The Kier molecular flexibility index (Phi) is 4.56. The normalized spacial score (nSPS) is 10.0. The fourth-order valence-corrected chi connectivity index (χ4v) is 2.95. The Morgan fingerprint density at radius 2 is 1.84 bits per heavy atom. The first-order valence-electron chi connectivity index (χ1n) is 5.48. The van der Waals surface area contributed by atoms with Gasteiger partial charge in [0.15, 0.2) is 0 Å². The van der Waals surface area contributed by atoms with Crippen LogP contribution in [0.1, 0.15) is 11.1 Å². The number of nitriles is 1. The number of halogens is 3. The minimum atomic E-state index is -0.345. The van der Waals surface area contributed by atoms with E-state index < -0.39 is 0 Å². The van der Waals surface area contributed by atoms with Crippen LogP contribution in [0.25, 0.3) is 0 Å². The number of hydrogen-bond donors (Lipinski definition) is 1. The van der Waals surface area contributed by atoms with Gasteiger partial charge in [-0.1, -0.05) is 6.07 Å². The third-order valence-corrected chi connectivity index (χ3v) is 3.93. The van der Waals surface area contributed by atoms with Gasteiger partial charge in [-0.05, 0) is 67.8 Å². The van der Waals surface area contributed by atoms with E-state index in [1.54, 1.807) is 0 Å². The maximum absolute atomic E-state index is 13.2. The van der Waals surface area contributed by atoms with Crippen LogP contribution in [0, 0.1) is 17.1 Å². The van der Waals surface area contributed by atoms with Crippen molar-refractivity contribution >= 4 is 37.5 Å². The number of anilines is 1. The van der Waals surface area contributed by atoms with Gasteiger partial charge in [0.1, 0.15) is 5.82 Å². The zero-order valence-electron chi connectivity index (χ0n) is 9.75. The van der Waals surface area contributed by atoms with Crippen LogP contribution in [-0.2, 0) is 6.54 Å². The Balaban J connectivity index is 2.24. The Labute approximate surface area is 127 Å². The Hall–Kier alpha value is -1.38. The first-order chi connectivity index (χ1) is 9.11. The van der Waals surface area contributed by atoms with E-state index in [0.717, 1.165) is 14.6 Å². The van der Waals surface area contributed by atoms with Crippen molar-refractivity contribution in [1.29, 1.82) is 5.26 Å². The molecule has 0 spiro atoms. The molecule has 0 heterocycles. The predicted molar refractivity (Wildman–Crippen MR) is 80.3 cm³/mol. The molecule has 0 aliphatic rings. The summed E-state index contributed by atoms with van der Waals surface area (Å²) in [6.45, 7) is 0.377. The van der Waals surface area contributed by atoms with Gasteiger partial charge in [0.2, 0.25) is 0 Å². The monoisotopic (exact) mass is 382 g/mol. The molecule has 0 radical (unpaired) electrons. The molecule has 0 atom stereocenters. The molecule has 2 aromatic rings. The maximum atomic E-state index is 13.2. The largest absolute Gasteiger partial charge is 0.379 e. The number of benzene rings is 2. The highest BCUT2D eigenvalue weighted by Gasteiger charge is 2.07. The molecule has 5 heteroatoms. The van der Waals surface area contributed by atoms with Crippen LogP contribution < -0.4 is 5.32 Å². The highest BCUT2D eigenvalue weighted by Crippen LogP contribution is 2.31. The SMILES string of the molecule is N#Cc1ccc(F)cc1CNc1c(Br)cccc1Br. The number of nitrogens with zero attached hydrogens (tertiary/aromatic N) is 1. The van der Waals surface area contributed by atoms with Crippen LogP contribution in [-0.4, -0.2) is 0 Å². The summed E-state index contributed by atoms with van der Waals surface area (Å²) in [4.78, 5) is 0. The first kappa shape index (κ1) is 14.0. The van der Waals surface area contributed by atoms with Crippen LogP contribution in [0.15, 0.2) is 45.3 Å². The summed E-state index contributed by atoms with van der Waals surface area (Å²) in [5.74, 6) is -0.345. The average molecular weight is 384 g/mol. The lowest BCUT2D eigenvalue weighted by molar-refractivity contribution is 0.625. The molecule has 2 nitrogen and oxygen atoms in total. The molecule has 0 saturated heterocycles. The average Bonchev–Trinajstić information content (AvgIpc) is 2.38. The molecule has 0 aliphatic carbocycles. The van der Waals surface area contributed by atoms with E-state index in [4.69, 9.17) is 5.26 Å².